The molecule has 3 atom stereocenters. The molecule has 0 unspecified atom stereocenters. The average molecular weight is 300 g/mol. The van der Waals surface area contributed by atoms with Gasteiger partial charge >= 0.3 is 5.97 Å². The van der Waals surface area contributed by atoms with E-state index in [-0.39, 0.29) is 29.8 Å². The Labute approximate surface area is 129 Å². The van der Waals surface area contributed by atoms with E-state index in [1.807, 2.05) is 0 Å². The molecule has 2 bridgehead atoms. The molecule has 3 aliphatic rings. The molecule has 4 rings (SSSR count). The summed E-state index contributed by atoms with van der Waals surface area (Å²) in [6, 6.07) is 1.65. The number of phenolic OH excluding ortho intramolecular Hbond substituents is 1. The first-order chi connectivity index (χ1) is 10.4. The molecule has 0 amide bonds. The summed E-state index contributed by atoms with van der Waals surface area (Å²) in [7, 11) is 0. The number of benzene rings is 1. The van der Waals surface area contributed by atoms with E-state index in [1.54, 1.807) is 6.07 Å². The van der Waals surface area contributed by atoms with Crippen LogP contribution in [0.15, 0.2) is 18.2 Å². The van der Waals surface area contributed by atoms with E-state index in [0.717, 1.165) is 30.4 Å². The fourth-order valence-corrected chi connectivity index (χ4v) is 4.37. The summed E-state index contributed by atoms with van der Waals surface area (Å²) < 4.78 is 11.3. The van der Waals surface area contributed by atoms with Crippen molar-refractivity contribution in [2.75, 3.05) is 0 Å². The van der Waals surface area contributed by atoms with Gasteiger partial charge in [-0.1, -0.05) is 12.2 Å². The molecule has 4 nitrogen and oxygen atoms in total. The Kier molecular flexibility index (Phi) is 2.66. The number of carbonyl (C=O) groups excluding carboxylic acids is 1. The third-order valence-electron chi connectivity index (χ3n) is 5.45. The van der Waals surface area contributed by atoms with Gasteiger partial charge in [-0.15, -0.1) is 0 Å². The maximum atomic E-state index is 12.2. The van der Waals surface area contributed by atoms with E-state index in [4.69, 9.17) is 9.47 Å². The highest BCUT2D eigenvalue weighted by molar-refractivity contribution is 5.97. The summed E-state index contributed by atoms with van der Waals surface area (Å²) >= 11 is 0. The number of aromatic hydroxyl groups is 1. The second-order valence-electron chi connectivity index (χ2n) is 7.09. The van der Waals surface area contributed by atoms with Crippen LogP contribution in [0.4, 0.5) is 0 Å². The van der Waals surface area contributed by atoms with Gasteiger partial charge < -0.3 is 14.6 Å². The molecule has 2 heterocycles. The monoisotopic (exact) mass is 300 g/mol. The van der Waals surface area contributed by atoms with Crippen molar-refractivity contribution in [2.45, 2.75) is 51.2 Å². The molecule has 0 saturated heterocycles. The Morgan fingerprint density at radius 1 is 1.50 bits per heavy atom. The molecule has 22 heavy (non-hydrogen) atoms. The molecule has 0 aromatic heterocycles. The van der Waals surface area contributed by atoms with Gasteiger partial charge in [0.2, 0.25) is 0 Å². The first-order valence-electron chi connectivity index (χ1n) is 7.80. The minimum Gasteiger partial charge on any atom is -0.507 e. The van der Waals surface area contributed by atoms with Gasteiger partial charge in [-0.05, 0) is 44.9 Å². The lowest BCUT2D eigenvalue weighted by atomic mass is 9.65. The van der Waals surface area contributed by atoms with Crippen LogP contribution in [-0.4, -0.2) is 16.7 Å². The van der Waals surface area contributed by atoms with Crippen LogP contribution in [0.1, 0.15) is 60.5 Å². The van der Waals surface area contributed by atoms with Crippen LogP contribution in [0.3, 0.4) is 0 Å². The van der Waals surface area contributed by atoms with Crippen molar-refractivity contribution in [3.05, 3.63) is 34.9 Å². The largest absolute Gasteiger partial charge is 0.507 e. The van der Waals surface area contributed by atoms with Gasteiger partial charge in [-0.25, -0.2) is 4.79 Å². The molecule has 116 valence electrons. The van der Waals surface area contributed by atoms with Crippen molar-refractivity contribution in [3.8, 4) is 11.5 Å². The lowest BCUT2D eigenvalue weighted by molar-refractivity contribution is 0.00650. The number of cyclic esters (lactones) is 1. The highest BCUT2D eigenvalue weighted by atomic mass is 16.5. The minimum atomic E-state index is -0.347. The maximum absolute atomic E-state index is 12.2. The Hall–Kier alpha value is -1.97. The zero-order valence-corrected chi connectivity index (χ0v) is 12.9. The molecule has 1 aliphatic carbocycles. The van der Waals surface area contributed by atoms with Crippen LogP contribution in [0.25, 0.3) is 0 Å². The highest BCUT2D eigenvalue weighted by Crippen LogP contribution is 2.56. The molecular weight excluding hydrogens is 280 g/mol. The van der Waals surface area contributed by atoms with E-state index >= 15 is 0 Å². The highest BCUT2D eigenvalue weighted by Gasteiger charge is 2.48. The lowest BCUT2D eigenvalue weighted by Gasteiger charge is -2.48. The summed E-state index contributed by atoms with van der Waals surface area (Å²) in [6.07, 6.45) is 2.85. The second-order valence-corrected chi connectivity index (χ2v) is 7.09. The molecule has 1 aromatic rings. The first-order valence-corrected chi connectivity index (χ1v) is 7.80. The fourth-order valence-electron chi connectivity index (χ4n) is 4.37. The molecule has 2 aliphatic heterocycles. The molecule has 1 N–H and O–H groups in total. The Morgan fingerprint density at radius 3 is 3.00 bits per heavy atom. The number of ether oxygens (including phenoxy) is 2. The summed E-state index contributed by atoms with van der Waals surface area (Å²) in [4.78, 5) is 12.2. The van der Waals surface area contributed by atoms with Crippen LogP contribution < -0.4 is 4.74 Å². The summed E-state index contributed by atoms with van der Waals surface area (Å²) in [5.41, 5.74) is 2.96. The molecular formula is C18H20O4. The Morgan fingerprint density at radius 2 is 2.27 bits per heavy atom. The van der Waals surface area contributed by atoms with Crippen LogP contribution >= 0.6 is 0 Å². The van der Waals surface area contributed by atoms with Crippen molar-refractivity contribution in [1.82, 2.24) is 0 Å². The van der Waals surface area contributed by atoms with Crippen molar-refractivity contribution in [1.29, 1.82) is 0 Å². The summed E-state index contributed by atoms with van der Waals surface area (Å²) in [5, 5.41) is 10.2. The van der Waals surface area contributed by atoms with Crippen LogP contribution in [-0.2, 0) is 11.3 Å². The van der Waals surface area contributed by atoms with E-state index in [9.17, 15) is 9.90 Å². The van der Waals surface area contributed by atoms with Crippen molar-refractivity contribution < 1.29 is 19.4 Å². The minimum absolute atomic E-state index is 0.0926. The standard InChI is InChI=1S/C18H20O4/c1-9(2)10-4-5-18(3)7-11(10)15-14(22-18)6-13(19)12-8-21-17(20)16(12)15/h6,10-11,19H,1,4-5,7-8H2,2-3H3/t10-,11-,18-/m0/s1. The average Bonchev–Trinajstić information content (AvgIpc) is 2.80. The molecule has 0 radical (unpaired) electrons. The van der Waals surface area contributed by atoms with Gasteiger partial charge in [0.05, 0.1) is 5.56 Å². The first kappa shape index (κ1) is 13.7. The Balaban J connectivity index is 1.96. The van der Waals surface area contributed by atoms with E-state index in [2.05, 4.69) is 20.4 Å². The zero-order chi connectivity index (χ0) is 15.6. The summed E-state index contributed by atoms with van der Waals surface area (Å²) in [5.74, 6) is 0.938. The number of carbonyl (C=O) groups is 1. The number of hydrogen-bond donors (Lipinski definition) is 1. The maximum Gasteiger partial charge on any atom is 0.339 e. The number of esters is 1. The van der Waals surface area contributed by atoms with Gasteiger partial charge in [0, 0.05) is 17.2 Å². The van der Waals surface area contributed by atoms with Crippen molar-refractivity contribution in [2.24, 2.45) is 5.92 Å². The smallest absolute Gasteiger partial charge is 0.339 e. The predicted molar refractivity (Wildman–Crippen MR) is 81.2 cm³/mol. The van der Waals surface area contributed by atoms with Crippen LogP contribution in [0, 0.1) is 5.92 Å². The van der Waals surface area contributed by atoms with E-state index < -0.39 is 0 Å². The fraction of sp³-hybridized carbons (Fsp3) is 0.500. The number of allylic oxidation sites excluding steroid dienone is 1. The number of rotatable bonds is 1. The van der Waals surface area contributed by atoms with E-state index in [1.165, 1.54) is 0 Å². The third-order valence-corrected chi connectivity index (χ3v) is 5.45. The molecule has 1 saturated carbocycles. The van der Waals surface area contributed by atoms with Crippen LogP contribution in [0.2, 0.25) is 0 Å². The van der Waals surface area contributed by atoms with Gasteiger partial charge in [0.25, 0.3) is 0 Å². The number of hydrogen-bond acceptors (Lipinski definition) is 4. The number of phenols is 1. The molecule has 1 fully saturated rings. The lowest BCUT2D eigenvalue weighted by Crippen LogP contribution is -2.44. The van der Waals surface area contributed by atoms with E-state index in [0.29, 0.717) is 22.8 Å². The predicted octanol–water partition coefficient (Wildman–Crippen LogP) is 3.67. The van der Waals surface area contributed by atoms with Crippen molar-refractivity contribution in [3.63, 3.8) is 0 Å². The quantitative estimate of drug-likeness (QED) is 0.635. The van der Waals surface area contributed by atoms with Gasteiger partial charge in [-0.2, -0.15) is 0 Å². The second kappa shape index (κ2) is 4.28. The van der Waals surface area contributed by atoms with Gasteiger partial charge in [0.15, 0.2) is 0 Å². The zero-order valence-electron chi connectivity index (χ0n) is 12.9. The SMILES string of the molecule is C=C(C)[C@@H]1CC[C@@]2(C)C[C@@H]1c1c(cc(O)c3c1C(=O)OC3)O2. The summed E-state index contributed by atoms with van der Waals surface area (Å²) in [6.45, 7) is 8.46. The third kappa shape index (κ3) is 1.73. The van der Waals surface area contributed by atoms with Gasteiger partial charge in [0.1, 0.15) is 23.7 Å². The number of fused-ring (bicyclic) bond motifs is 6. The molecule has 0 spiro atoms. The van der Waals surface area contributed by atoms with Gasteiger partial charge in [-0.3, -0.25) is 0 Å². The van der Waals surface area contributed by atoms with Crippen LogP contribution in [0.5, 0.6) is 11.5 Å². The topological polar surface area (TPSA) is 55.8 Å². The van der Waals surface area contributed by atoms with Crippen molar-refractivity contribution >= 4 is 5.97 Å². The molecule has 4 heteroatoms. The molecule has 1 aromatic carbocycles. The Bertz CT molecular complexity index is 706. The normalized spacial score (nSPS) is 31.8.